The molecule has 1 fully saturated rings. The standard InChI is InChI=1S/C11H17N3O2/c1-3-8-7(2)6-10(16-8)14-5-4-9(12)13-11(14)15/h4-5,7-8,10H,3,6H2,1-2H3,(H2,12,13,15)/t7-,8-,10-/m1/s1. The first kappa shape index (κ1) is 11.1. The van der Waals surface area contributed by atoms with Gasteiger partial charge in [-0.3, -0.25) is 4.57 Å². The monoisotopic (exact) mass is 223 g/mol. The summed E-state index contributed by atoms with van der Waals surface area (Å²) in [5.74, 6) is 0.721. The van der Waals surface area contributed by atoms with Crippen molar-refractivity contribution in [2.75, 3.05) is 5.73 Å². The Balaban J connectivity index is 2.23. The molecule has 5 heteroatoms. The second-order valence-corrected chi connectivity index (χ2v) is 4.29. The Hall–Kier alpha value is -1.36. The number of nitrogens with two attached hydrogens (primary N) is 1. The van der Waals surface area contributed by atoms with Gasteiger partial charge >= 0.3 is 5.69 Å². The van der Waals surface area contributed by atoms with Crippen molar-refractivity contribution < 1.29 is 4.74 Å². The molecule has 1 aliphatic rings. The van der Waals surface area contributed by atoms with Crippen LogP contribution in [0.2, 0.25) is 0 Å². The Kier molecular flexibility index (Phi) is 2.96. The summed E-state index contributed by atoms with van der Waals surface area (Å²) in [6.45, 7) is 4.23. The third-order valence-corrected chi connectivity index (χ3v) is 3.10. The number of hydrogen-bond donors (Lipinski definition) is 1. The Morgan fingerprint density at radius 1 is 1.69 bits per heavy atom. The van der Waals surface area contributed by atoms with E-state index in [0.29, 0.717) is 5.92 Å². The maximum absolute atomic E-state index is 11.6. The maximum atomic E-state index is 11.6. The van der Waals surface area contributed by atoms with Crippen molar-refractivity contribution in [3.05, 3.63) is 22.7 Å². The van der Waals surface area contributed by atoms with Gasteiger partial charge < -0.3 is 10.5 Å². The molecule has 1 aliphatic heterocycles. The van der Waals surface area contributed by atoms with Gasteiger partial charge in [-0.2, -0.15) is 4.98 Å². The molecule has 0 bridgehead atoms. The average molecular weight is 223 g/mol. The molecule has 5 nitrogen and oxygen atoms in total. The smallest absolute Gasteiger partial charge is 0.351 e. The van der Waals surface area contributed by atoms with E-state index in [9.17, 15) is 4.79 Å². The second kappa shape index (κ2) is 4.25. The quantitative estimate of drug-likeness (QED) is 0.816. The third-order valence-electron chi connectivity index (χ3n) is 3.10. The highest BCUT2D eigenvalue weighted by atomic mass is 16.5. The van der Waals surface area contributed by atoms with Gasteiger partial charge in [-0.1, -0.05) is 13.8 Å². The van der Waals surface area contributed by atoms with Crippen LogP contribution in [0.3, 0.4) is 0 Å². The highest BCUT2D eigenvalue weighted by Crippen LogP contribution is 2.33. The van der Waals surface area contributed by atoms with E-state index >= 15 is 0 Å². The lowest BCUT2D eigenvalue weighted by molar-refractivity contribution is -0.00747. The molecule has 0 radical (unpaired) electrons. The lowest BCUT2D eigenvalue weighted by atomic mass is 10.0. The molecule has 16 heavy (non-hydrogen) atoms. The normalized spacial score (nSPS) is 29.5. The third kappa shape index (κ3) is 1.95. The van der Waals surface area contributed by atoms with Gasteiger partial charge in [0.2, 0.25) is 0 Å². The molecular formula is C11H17N3O2. The van der Waals surface area contributed by atoms with E-state index in [0.717, 1.165) is 12.8 Å². The highest BCUT2D eigenvalue weighted by molar-refractivity contribution is 5.23. The number of rotatable bonds is 2. The van der Waals surface area contributed by atoms with Crippen molar-refractivity contribution in [3.8, 4) is 0 Å². The lowest BCUT2D eigenvalue weighted by Gasteiger charge is -2.14. The van der Waals surface area contributed by atoms with Crippen LogP contribution in [0.1, 0.15) is 32.9 Å². The molecule has 1 aromatic heterocycles. The van der Waals surface area contributed by atoms with Crippen LogP contribution in [0.15, 0.2) is 17.1 Å². The number of nitrogens with zero attached hydrogens (tertiary/aromatic N) is 2. The van der Waals surface area contributed by atoms with Gasteiger partial charge in [0.05, 0.1) is 6.10 Å². The number of ether oxygens (including phenoxy) is 1. The molecule has 0 amide bonds. The van der Waals surface area contributed by atoms with Crippen LogP contribution < -0.4 is 11.4 Å². The van der Waals surface area contributed by atoms with Gasteiger partial charge in [-0.05, 0) is 24.8 Å². The first-order valence-electron chi connectivity index (χ1n) is 5.62. The molecular weight excluding hydrogens is 206 g/mol. The van der Waals surface area contributed by atoms with Crippen molar-refractivity contribution in [2.24, 2.45) is 5.92 Å². The Morgan fingerprint density at radius 3 is 3.00 bits per heavy atom. The van der Waals surface area contributed by atoms with Crippen LogP contribution in [0, 0.1) is 5.92 Å². The minimum absolute atomic E-state index is 0.194. The molecule has 3 atom stereocenters. The van der Waals surface area contributed by atoms with Crippen molar-refractivity contribution in [3.63, 3.8) is 0 Å². The minimum atomic E-state index is -0.339. The summed E-state index contributed by atoms with van der Waals surface area (Å²) in [5, 5.41) is 0. The van der Waals surface area contributed by atoms with Gasteiger partial charge in [-0.25, -0.2) is 4.79 Å². The number of aromatic nitrogens is 2. The zero-order chi connectivity index (χ0) is 11.7. The van der Waals surface area contributed by atoms with Crippen LogP contribution in [-0.4, -0.2) is 15.7 Å². The predicted molar refractivity (Wildman–Crippen MR) is 60.9 cm³/mol. The molecule has 2 N–H and O–H groups in total. The summed E-state index contributed by atoms with van der Waals surface area (Å²) in [6.07, 6.45) is 3.51. The van der Waals surface area contributed by atoms with Crippen LogP contribution in [0.5, 0.6) is 0 Å². The van der Waals surface area contributed by atoms with E-state index in [1.807, 2.05) is 0 Å². The van der Waals surface area contributed by atoms with Crippen LogP contribution >= 0.6 is 0 Å². The van der Waals surface area contributed by atoms with Crippen LogP contribution in [-0.2, 0) is 4.74 Å². The first-order chi connectivity index (χ1) is 7.61. The molecule has 0 unspecified atom stereocenters. The average Bonchev–Trinajstić information content (AvgIpc) is 2.59. The fourth-order valence-corrected chi connectivity index (χ4v) is 2.18. The van der Waals surface area contributed by atoms with Gasteiger partial charge in [0.15, 0.2) is 0 Å². The SMILES string of the molecule is CC[C@H]1O[C@@H](n2ccc(N)nc2=O)C[C@H]1C. The maximum Gasteiger partial charge on any atom is 0.351 e. The van der Waals surface area contributed by atoms with Gasteiger partial charge in [0.1, 0.15) is 12.0 Å². The van der Waals surface area contributed by atoms with E-state index in [1.165, 1.54) is 4.57 Å². The largest absolute Gasteiger partial charge is 0.383 e. The van der Waals surface area contributed by atoms with Crippen molar-refractivity contribution in [1.29, 1.82) is 0 Å². The van der Waals surface area contributed by atoms with E-state index in [2.05, 4.69) is 18.8 Å². The molecule has 1 saturated heterocycles. The van der Waals surface area contributed by atoms with Crippen LogP contribution in [0.25, 0.3) is 0 Å². The number of hydrogen-bond acceptors (Lipinski definition) is 4. The van der Waals surface area contributed by atoms with E-state index in [-0.39, 0.29) is 23.8 Å². The van der Waals surface area contributed by atoms with Crippen molar-refractivity contribution >= 4 is 5.82 Å². The molecule has 1 aromatic rings. The highest BCUT2D eigenvalue weighted by Gasteiger charge is 2.32. The minimum Gasteiger partial charge on any atom is -0.383 e. The number of anilines is 1. The molecule has 2 rings (SSSR count). The summed E-state index contributed by atoms with van der Waals surface area (Å²) < 4.78 is 7.33. The fraction of sp³-hybridized carbons (Fsp3) is 0.636. The summed E-state index contributed by atoms with van der Waals surface area (Å²) in [7, 11) is 0. The molecule has 0 spiro atoms. The van der Waals surface area contributed by atoms with Crippen molar-refractivity contribution in [2.45, 2.75) is 39.0 Å². The number of nitrogen functional groups attached to an aromatic ring is 1. The van der Waals surface area contributed by atoms with Gasteiger partial charge in [0.25, 0.3) is 0 Å². The Morgan fingerprint density at radius 2 is 2.44 bits per heavy atom. The van der Waals surface area contributed by atoms with Crippen LogP contribution in [0.4, 0.5) is 5.82 Å². The van der Waals surface area contributed by atoms with Gasteiger partial charge in [0, 0.05) is 6.20 Å². The van der Waals surface area contributed by atoms with E-state index < -0.39 is 0 Å². The zero-order valence-electron chi connectivity index (χ0n) is 9.59. The molecule has 2 heterocycles. The molecule has 0 saturated carbocycles. The topological polar surface area (TPSA) is 70.1 Å². The van der Waals surface area contributed by atoms with E-state index in [1.54, 1.807) is 12.3 Å². The first-order valence-corrected chi connectivity index (χ1v) is 5.62. The fourth-order valence-electron chi connectivity index (χ4n) is 2.18. The summed E-state index contributed by atoms with van der Waals surface area (Å²) in [5.41, 5.74) is 5.10. The Bertz CT molecular complexity index is 429. The second-order valence-electron chi connectivity index (χ2n) is 4.29. The van der Waals surface area contributed by atoms with Crippen molar-refractivity contribution in [1.82, 2.24) is 9.55 Å². The predicted octanol–water partition coefficient (Wildman–Crippen LogP) is 1.16. The summed E-state index contributed by atoms with van der Waals surface area (Å²) in [4.78, 5) is 15.3. The molecule has 0 aromatic carbocycles. The van der Waals surface area contributed by atoms with E-state index in [4.69, 9.17) is 10.5 Å². The molecule has 88 valence electrons. The summed E-state index contributed by atoms with van der Waals surface area (Å²) in [6, 6.07) is 1.62. The van der Waals surface area contributed by atoms with Gasteiger partial charge in [-0.15, -0.1) is 0 Å². The lowest BCUT2D eigenvalue weighted by Crippen LogP contribution is -2.27. The Labute approximate surface area is 94.2 Å². The zero-order valence-corrected chi connectivity index (χ0v) is 9.59. The molecule has 0 aliphatic carbocycles. The summed E-state index contributed by atoms with van der Waals surface area (Å²) >= 11 is 0.